The zero-order chi connectivity index (χ0) is 17.6. The van der Waals surface area contributed by atoms with E-state index in [1.54, 1.807) is 6.07 Å². The maximum absolute atomic E-state index is 12.6. The first-order valence-corrected chi connectivity index (χ1v) is 9.83. The molecule has 1 aromatic rings. The van der Waals surface area contributed by atoms with E-state index in [1.807, 2.05) is 18.2 Å². The molecule has 2 fully saturated rings. The van der Waals surface area contributed by atoms with Crippen molar-refractivity contribution in [1.29, 1.82) is 0 Å². The second-order valence-electron chi connectivity index (χ2n) is 7.55. The molecule has 1 amide bonds. The van der Waals surface area contributed by atoms with Crippen LogP contribution in [0.15, 0.2) is 24.3 Å². The minimum absolute atomic E-state index is 0.00484. The first kappa shape index (κ1) is 18.1. The Morgan fingerprint density at radius 3 is 2.44 bits per heavy atom. The van der Waals surface area contributed by atoms with Gasteiger partial charge in [0.25, 0.3) is 5.91 Å². The van der Waals surface area contributed by atoms with Gasteiger partial charge in [-0.05, 0) is 31.9 Å². The first-order chi connectivity index (χ1) is 12.1. The molecule has 25 heavy (non-hydrogen) atoms. The van der Waals surface area contributed by atoms with E-state index in [0.717, 1.165) is 44.7 Å². The third-order valence-corrected chi connectivity index (χ3v) is 5.84. The number of hydrogen-bond acceptors (Lipinski definition) is 3. The zero-order valence-corrected chi connectivity index (χ0v) is 15.3. The number of rotatable bonds is 4. The van der Waals surface area contributed by atoms with Crippen LogP contribution in [0.1, 0.15) is 45.4 Å². The van der Waals surface area contributed by atoms with Crippen molar-refractivity contribution in [3.8, 4) is 5.75 Å². The van der Waals surface area contributed by atoms with E-state index < -0.39 is 0 Å². The predicted molar refractivity (Wildman–Crippen MR) is 100 cm³/mol. The Bertz CT molecular complexity index is 562. The van der Waals surface area contributed by atoms with E-state index in [1.165, 1.54) is 30.6 Å². The van der Waals surface area contributed by atoms with Crippen LogP contribution in [-0.4, -0.2) is 49.3 Å². The van der Waals surface area contributed by atoms with E-state index in [0.29, 0.717) is 11.8 Å². The highest BCUT2D eigenvalue weighted by Gasteiger charge is 2.30. The van der Waals surface area contributed by atoms with Crippen LogP contribution in [-0.2, 0) is 4.79 Å². The first-order valence-electron chi connectivity index (χ1n) is 9.83. The molecule has 3 N–H and O–H groups in total. The minimum atomic E-state index is -0.00484. The van der Waals surface area contributed by atoms with Gasteiger partial charge in [-0.25, -0.2) is 0 Å². The molecule has 3 rings (SSSR count). The van der Waals surface area contributed by atoms with Gasteiger partial charge in [0.15, 0.2) is 6.04 Å². The Balaban J connectivity index is 1.50. The van der Waals surface area contributed by atoms with Crippen molar-refractivity contribution >= 4 is 11.6 Å². The third kappa shape index (κ3) is 4.66. The molecule has 0 unspecified atom stereocenters. The number of anilines is 1. The van der Waals surface area contributed by atoms with Crippen molar-refractivity contribution in [3.63, 3.8) is 0 Å². The average molecular weight is 346 g/mol. The second kappa shape index (κ2) is 8.56. The quantitative estimate of drug-likeness (QED) is 0.721. The van der Waals surface area contributed by atoms with E-state index in [4.69, 9.17) is 0 Å². The number of benzene rings is 1. The van der Waals surface area contributed by atoms with Crippen molar-refractivity contribution in [2.75, 3.05) is 31.1 Å². The van der Waals surface area contributed by atoms with Gasteiger partial charge in [0.2, 0.25) is 0 Å². The van der Waals surface area contributed by atoms with Gasteiger partial charge in [0, 0.05) is 6.04 Å². The Hall–Kier alpha value is -1.75. The smallest absolute Gasteiger partial charge is 0.278 e. The summed E-state index contributed by atoms with van der Waals surface area (Å²) in [5, 5.41) is 13.3. The summed E-state index contributed by atoms with van der Waals surface area (Å²) in [6.07, 6.45) is 7.36. The van der Waals surface area contributed by atoms with Crippen molar-refractivity contribution in [2.24, 2.45) is 0 Å². The number of hydrogen-bond donors (Lipinski definition) is 3. The number of nitrogens with zero attached hydrogens (tertiary/aromatic N) is 1. The molecule has 1 aliphatic carbocycles. The Kier molecular flexibility index (Phi) is 6.19. The van der Waals surface area contributed by atoms with Crippen LogP contribution in [0, 0.1) is 0 Å². The Morgan fingerprint density at radius 2 is 1.80 bits per heavy atom. The van der Waals surface area contributed by atoms with Gasteiger partial charge in [-0.3, -0.25) is 4.79 Å². The summed E-state index contributed by atoms with van der Waals surface area (Å²) in [7, 11) is 0. The van der Waals surface area contributed by atoms with Gasteiger partial charge in [0.1, 0.15) is 5.75 Å². The molecule has 2 aliphatic rings. The molecule has 1 saturated heterocycles. The maximum Gasteiger partial charge on any atom is 0.278 e. The molecular formula is C20H32N3O2+. The topological polar surface area (TPSA) is 57.0 Å². The van der Waals surface area contributed by atoms with Gasteiger partial charge in [-0.1, -0.05) is 37.8 Å². The van der Waals surface area contributed by atoms with E-state index in [2.05, 4.69) is 17.1 Å². The largest absolute Gasteiger partial charge is 0.506 e. The Morgan fingerprint density at radius 1 is 1.16 bits per heavy atom. The SMILES string of the molecule is C[C@H](C(=O)NC1CCCCCC1)[NH+]1CCN(c2ccccc2O)CC1. The number of amides is 1. The van der Waals surface area contributed by atoms with E-state index >= 15 is 0 Å². The molecule has 138 valence electrons. The van der Waals surface area contributed by atoms with E-state index in [-0.39, 0.29) is 11.9 Å². The minimum Gasteiger partial charge on any atom is -0.506 e. The number of aromatic hydroxyl groups is 1. The molecule has 0 spiro atoms. The van der Waals surface area contributed by atoms with Gasteiger partial charge in [-0.2, -0.15) is 0 Å². The number of carbonyl (C=O) groups excluding carboxylic acids is 1. The summed E-state index contributed by atoms with van der Waals surface area (Å²) in [5.74, 6) is 0.544. The van der Waals surface area contributed by atoms with Crippen LogP contribution in [0.4, 0.5) is 5.69 Å². The number of nitrogens with one attached hydrogen (secondary N) is 2. The van der Waals surface area contributed by atoms with Gasteiger partial charge in [-0.15, -0.1) is 0 Å². The fourth-order valence-corrected chi connectivity index (χ4v) is 4.13. The maximum atomic E-state index is 12.6. The number of quaternary nitrogens is 1. The van der Waals surface area contributed by atoms with Gasteiger partial charge < -0.3 is 20.2 Å². The van der Waals surface area contributed by atoms with Crippen LogP contribution in [0.2, 0.25) is 0 Å². The van der Waals surface area contributed by atoms with Gasteiger partial charge in [0.05, 0.1) is 31.9 Å². The number of carbonyl (C=O) groups is 1. The monoisotopic (exact) mass is 346 g/mol. The highest BCUT2D eigenvalue weighted by Crippen LogP contribution is 2.26. The molecule has 5 nitrogen and oxygen atoms in total. The van der Waals surface area contributed by atoms with Crippen LogP contribution in [0.3, 0.4) is 0 Å². The number of para-hydroxylation sites is 2. The van der Waals surface area contributed by atoms with Crippen LogP contribution < -0.4 is 15.1 Å². The van der Waals surface area contributed by atoms with Crippen molar-refractivity contribution < 1.29 is 14.8 Å². The van der Waals surface area contributed by atoms with Crippen LogP contribution >= 0.6 is 0 Å². The molecular weight excluding hydrogens is 314 g/mol. The molecule has 5 heteroatoms. The lowest BCUT2D eigenvalue weighted by Gasteiger charge is -2.36. The molecule has 0 aromatic heterocycles. The number of piperazine rings is 1. The van der Waals surface area contributed by atoms with Gasteiger partial charge >= 0.3 is 0 Å². The summed E-state index contributed by atoms with van der Waals surface area (Å²) in [6, 6.07) is 7.87. The predicted octanol–water partition coefficient (Wildman–Crippen LogP) is 1.32. The molecule has 1 heterocycles. The average Bonchev–Trinajstić information content (AvgIpc) is 2.90. The lowest BCUT2D eigenvalue weighted by molar-refractivity contribution is -0.914. The number of phenols is 1. The highest BCUT2D eigenvalue weighted by molar-refractivity contribution is 5.80. The summed E-state index contributed by atoms with van der Waals surface area (Å²) in [6.45, 7) is 5.64. The fourth-order valence-electron chi connectivity index (χ4n) is 4.13. The molecule has 0 radical (unpaired) electrons. The molecule has 1 aliphatic heterocycles. The number of phenolic OH excluding ortho intramolecular Hbond substituents is 1. The normalized spacial score (nSPS) is 21.6. The molecule has 1 saturated carbocycles. The lowest BCUT2D eigenvalue weighted by Crippen LogP contribution is -3.19. The van der Waals surface area contributed by atoms with Crippen LogP contribution in [0.25, 0.3) is 0 Å². The third-order valence-electron chi connectivity index (χ3n) is 5.84. The van der Waals surface area contributed by atoms with Crippen molar-refractivity contribution in [1.82, 2.24) is 5.32 Å². The summed E-state index contributed by atoms with van der Waals surface area (Å²) >= 11 is 0. The lowest BCUT2D eigenvalue weighted by atomic mass is 10.1. The zero-order valence-electron chi connectivity index (χ0n) is 15.3. The molecule has 1 aromatic carbocycles. The second-order valence-corrected chi connectivity index (χ2v) is 7.55. The summed E-state index contributed by atoms with van der Waals surface area (Å²) in [4.78, 5) is 16.2. The van der Waals surface area contributed by atoms with E-state index in [9.17, 15) is 9.90 Å². The standard InChI is InChI=1S/C20H31N3O2/c1-16(20(25)21-17-8-4-2-3-5-9-17)22-12-14-23(15-13-22)18-10-6-7-11-19(18)24/h6-7,10-11,16-17,24H,2-5,8-9,12-15H2,1H3,(H,21,25)/p+1/t16-/m1/s1. The van der Waals surface area contributed by atoms with Crippen molar-refractivity contribution in [2.45, 2.75) is 57.5 Å². The van der Waals surface area contributed by atoms with Crippen molar-refractivity contribution in [3.05, 3.63) is 24.3 Å². The Labute approximate surface area is 151 Å². The molecule has 1 atom stereocenters. The van der Waals surface area contributed by atoms with Crippen LogP contribution in [0.5, 0.6) is 5.75 Å². The fraction of sp³-hybridized carbons (Fsp3) is 0.650. The summed E-state index contributed by atoms with van der Waals surface area (Å²) < 4.78 is 0. The summed E-state index contributed by atoms with van der Waals surface area (Å²) in [5.41, 5.74) is 0.900. The highest BCUT2D eigenvalue weighted by atomic mass is 16.3. The molecule has 0 bridgehead atoms.